The average Bonchev–Trinajstić information content (AvgIpc) is 2.83. The summed E-state index contributed by atoms with van der Waals surface area (Å²) >= 11 is 1.27. The minimum atomic E-state index is -0.391. The van der Waals surface area contributed by atoms with Gasteiger partial charge in [0.05, 0.1) is 16.7 Å². The van der Waals surface area contributed by atoms with Crippen molar-refractivity contribution < 1.29 is 14.3 Å². The maximum absolute atomic E-state index is 13.2. The Kier molecular flexibility index (Phi) is 9.93. The normalized spacial score (nSPS) is 11.2. The molecule has 0 saturated heterocycles. The largest absolute Gasteiger partial charge is 0.355 e. The van der Waals surface area contributed by atoms with Crippen LogP contribution in [0.4, 0.5) is 0 Å². The summed E-state index contributed by atoms with van der Waals surface area (Å²) < 4.78 is 12.9. The number of nitrogens with one attached hydrogen (secondary N) is 1. The molecule has 0 spiro atoms. The highest BCUT2D eigenvalue weighted by Gasteiger charge is 2.16. The quantitative estimate of drug-likeness (QED) is 0.234. The van der Waals surface area contributed by atoms with E-state index in [4.69, 9.17) is 9.47 Å². The molecule has 0 atom stereocenters. The molecule has 7 nitrogen and oxygen atoms in total. The van der Waals surface area contributed by atoms with Gasteiger partial charge in [-0.15, -0.1) is 0 Å². The van der Waals surface area contributed by atoms with E-state index in [0.29, 0.717) is 48.8 Å². The maximum Gasteiger partial charge on any atom is 0.262 e. The number of hydrogen-bond donors (Lipinski definition) is 1. The van der Waals surface area contributed by atoms with E-state index in [1.54, 1.807) is 10.6 Å². The first-order valence-electron chi connectivity index (χ1n) is 11.3. The molecule has 3 rings (SSSR count). The minimum Gasteiger partial charge on any atom is -0.355 e. The lowest BCUT2D eigenvalue weighted by Gasteiger charge is -2.19. The molecule has 33 heavy (non-hydrogen) atoms. The molecule has 0 bridgehead atoms. The van der Waals surface area contributed by atoms with E-state index in [2.05, 4.69) is 10.3 Å². The molecule has 0 aliphatic heterocycles. The third-order valence-corrected chi connectivity index (χ3v) is 6.01. The molecule has 0 radical (unpaired) electrons. The Morgan fingerprint density at radius 1 is 1.06 bits per heavy atom. The SMILES string of the molecule is CCOC(CCn1c(SCC(=O)NCCc2ccccc2)nc2ccccc2c1=O)OCC. The Morgan fingerprint density at radius 2 is 1.76 bits per heavy atom. The third kappa shape index (κ3) is 7.42. The number of rotatable bonds is 13. The van der Waals surface area contributed by atoms with Gasteiger partial charge in [0.1, 0.15) is 0 Å². The van der Waals surface area contributed by atoms with Gasteiger partial charge in [-0.3, -0.25) is 14.2 Å². The van der Waals surface area contributed by atoms with Crippen LogP contribution in [0.25, 0.3) is 10.9 Å². The van der Waals surface area contributed by atoms with Crippen molar-refractivity contribution in [3.8, 4) is 0 Å². The lowest BCUT2D eigenvalue weighted by Crippen LogP contribution is -2.29. The number of hydrogen-bond acceptors (Lipinski definition) is 6. The topological polar surface area (TPSA) is 82.5 Å². The van der Waals surface area contributed by atoms with Gasteiger partial charge in [0, 0.05) is 32.7 Å². The number of amides is 1. The van der Waals surface area contributed by atoms with Gasteiger partial charge in [-0.05, 0) is 38.0 Å². The van der Waals surface area contributed by atoms with Gasteiger partial charge in [0.25, 0.3) is 5.56 Å². The van der Waals surface area contributed by atoms with Gasteiger partial charge in [0.15, 0.2) is 11.4 Å². The molecule has 0 fully saturated rings. The first-order chi connectivity index (χ1) is 16.1. The maximum atomic E-state index is 13.2. The van der Waals surface area contributed by atoms with Crippen LogP contribution in [0.1, 0.15) is 25.8 Å². The molecule has 8 heteroatoms. The van der Waals surface area contributed by atoms with Crippen LogP contribution in [0, 0.1) is 0 Å². The molecule has 2 aromatic carbocycles. The molecule has 1 N–H and O–H groups in total. The van der Waals surface area contributed by atoms with Crippen LogP contribution in [0.15, 0.2) is 64.5 Å². The zero-order valence-electron chi connectivity index (χ0n) is 19.2. The molecule has 1 aromatic heterocycles. The van der Waals surface area contributed by atoms with Crippen molar-refractivity contribution in [1.82, 2.24) is 14.9 Å². The molecule has 0 aliphatic rings. The number of carbonyl (C=O) groups excluding carboxylic acids is 1. The summed E-state index contributed by atoms with van der Waals surface area (Å²) in [7, 11) is 0. The summed E-state index contributed by atoms with van der Waals surface area (Å²) in [6.45, 7) is 5.83. The number of ether oxygens (including phenoxy) is 2. The van der Waals surface area contributed by atoms with Crippen molar-refractivity contribution in [2.75, 3.05) is 25.5 Å². The van der Waals surface area contributed by atoms with Crippen molar-refractivity contribution in [3.05, 3.63) is 70.5 Å². The fourth-order valence-corrected chi connectivity index (χ4v) is 4.30. The Bertz CT molecular complexity index is 1080. The summed E-state index contributed by atoms with van der Waals surface area (Å²) in [5.41, 5.74) is 1.67. The number of carbonyl (C=O) groups is 1. The Morgan fingerprint density at radius 3 is 2.48 bits per heavy atom. The van der Waals surface area contributed by atoms with Crippen LogP contribution >= 0.6 is 11.8 Å². The second kappa shape index (κ2) is 13.1. The van der Waals surface area contributed by atoms with E-state index in [1.807, 2.05) is 62.4 Å². The van der Waals surface area contributed by atoms with Gasteiger partial charge in [0.2, 0.25) is 5.91 Å². The van der Waals surface area contributed by atoms with E-state index in [9.17, 15) is 9.59 Å². The van der Waals surface area contributed by atoms with Crippen molar-refractivity contribution in [2.24, 2.45) is 0 Å². The molecule has 176 valence electrons. The Hall–Kier alpha value is -2.68. The van der Waals surface area contributed by atoms with Gasteiger partial charge in [-0.2, -0.15) is 0 Å². The lowest BCUT2D eigenvalue weighted by molar-refractivity contribution is -0.141. The summed E-state index contributed by atoms with van der Waals surface area (Å²) in [5.74, 6) is 0.0892. The molecule has 0 saturated carbocycles. The van der Waals surface area contributed by atoms with Gasteiger partial charge in [-0.25, -0.2) is 4.98 Å². The van der Waals surface area contributed by atoms with Crippen LogP contribution < -0.4 is 10.9 Å². The fraction of sp³-hybridized carbons (Fsp3) is 0.400. The van der Waals surface area contributed by atoms with Crippen LogP contribution in [0.2, 0.25) is 0 Å². The van der Waals surface area contributed by atoms with Crippen LogP contribution in [0.3, 0.4) is 0 Å². The second-order valence-electron chi connectivity index (χ2n) is 7.37. The summed E-state index contributed by atoms with van der Waals surface area (Å²) in [6, 6.07) is 17.3. The first kappa shape index (κ1) is 25.0. The predicted octanol–water partition coefficient (Wildman–Crippen LogP) is 3.64. The van der Waals surface area contributed by atoms with E-state index in [1.165, 1.54) is 17.3 Å². The van der Waals surface area contributed by atoms with Crippen LogP contribution in [0.5, 0.6) is 0 Å². The van der Waals surface area contributed by atoms with E-state index in [-0.39, 0.29) is 17.2 Å². The molecular weight excluding hydrogens is 438 g/mol. The standard InChI is InChI=1S/C25H31N3O4S/c1-3-31-23(32-4-2)15-17-28-24(30)20-12-8-9-13-21(20)27-25(28)33-18-22(29)26-16-14-19-10-6-5-7-11-19/h5-13,23H,3-4,14-18H2,1-2H3,(H,26,29). The Labute approximate surface area is 198 Å². The van der Waals surface area contributed by atoms with E-state index in [0.717, 1.165) is 6.42 Å². The van der Waals surface area contributed by atoms with Crippen molar-refractivity contribution in [1.29, 1.82) is 0 Å². The number of benzene rings is 2. The molecule has 0 unspecified atom stereocenters. The second-order valence-corrected chi connectivity index (χ2v) is 8.31. The molecule has 3 aromatic rings. The van der Waals surface area contributed by atoms with Crippen LogP contribution in [-0.2, 0) is 27.2 Å². The number of nitrogens with zero attached hydrogens (tertiary/aromatic N) is 2. The van der Waals surface area contributed by atoms with Gasteiger partial charge >= 0.3 is 0 Å². The van der Waals surface area contributed by atoms with Gasteiger partial charge < -0.3 is 14.8 Å². The van der Waals surface area contributed by atoms with Crippen molar-refractivity contribution in [2.45, 2.75) is 44.7 Å². The zero-order valence-corrected chi connectivity index (χ0v) is 20.0. The number of thioether (sulfide) groups is 1. The van der Waals surface area contributed by atoms with Crippen LogP contribution in [-0.4, -0.2) is 47.3 Å². The van der Waals surface area contributed by atoms with E-state index >= 15 is 0 Å². The monoisotopic (exact) mass is 469 g/mol. The molecule has 0 aliphatic carbocycles. The summed E-state index contributed by atoms with van der Waals surface area (Å²) in [5, 5.41) is 4.01. The highest BCUT2D eigenvalue weighted by molar-refractivity contribution is 7.99. The summed E-state index contributed by atoms with van der Waals surface area (Å²) in [4.78, 5) is 30.3. The predicted molar refractivity (Wildman–Crippen MR) is 132 cm³/mol. The van der Waals surface area contributed by atoms with Crippen molar-refractivity contribution in [3.63, 3.8) is 0 Å². The molecule has 1 amide bonds. The zero-order chi connectivity index (χ0) is 23.5. The highest BCUT2D eigenvalue weighted by atomic mass is 32.2. The average molecular weight is 470 g/mol. The lowest BCUT2D eigenvalue weighted by atomic mass is 10.1. The number of para-hydroxylation sites is 1. The minimum absolute atomic E-state index is 0.0913. The highest BCUT2D eigenvalue weighted by Crippen LogP contribution is 2.18. The molecule has 1 heterocycles. The summed E-state index contributed by atoms with van der Waals surface area (Å²) in [6.07, 6.45) is 0.891. The number of aromatic nitrogens is 2. The number of fused-ring (bicyclic) bond motifs is 1. The fourth-order valence-electron chi connectivity index (χ4n) is 3.45. The van der Waals surface area contributed by atoms with E-state index < -0.39 is 6.29 Å². The third-order valence-electron chi connectivity index (χ3n) is 5.03. The Balaban J connectivity index is 1.68. The molecular formula is C25H31N3O4S. The first-order valence-corrected chi connectivity index (χ1v) is 12.3. The van der Waals surface area contributed by atoms with Gasteiger partial charge in [-0.1, -0.05) is 54.2 Å². The van der Waals surface area contributed by atoms with Crippen molar-refractivity contribution >= 4 is 28.6 Å². The smallest absolute Gasteiger partial charge is 0.262 e.